The van der Waals surface area contributed by atoms with Crippen LogP contribution in [0.5, 0.6) is 11.6 Å². The Hall–Kier alpha value is -3.03. The fourth-order valence-corrected chi connectivity index (χ4v) is 2.10. The number of aromatic nitrogens is 2. The van der Waals surface area contributed by atoms with Gasteiger partial charge in [-0.05, 0) is 42.5 Å². The van der Waals surface area contributed by atoms with Crippen LogP contribution in [0.2, 0.25) is 0 Å². The van der Waals surface area contributed by atoms with Crippen LogP contribution in [0.4, 0.5) is 22.0 Å². The molecule has 0 aliphatic rings. The summed E-state index contributed by atoms with van der Waals surface area (Å²) >= 11 is 0. The molecule has 128 valence electrons. The standard InChI is InChI=1S/C17H9F5N2O/c18-10-3-5-14(19)13(8-10)12-2-1-7-23-16(12)25-11-4-6-15(24-9-11)17(20,21)22/h1-9H. The van der Waals surface area contributed by atoms with Gasteiger partial charge in [0.1, 0.15) is 23.1 Å². The van der Waals surface area contributed by atoms with Crippen LogP contribution in [0.15, 0.2) is 54.9 Å². The lowest BCUT2D eigenvalue weighted by molar-refractivity contribution is -0.141. The molecule has 0 spiro atoms. The first-order valence-electron chi connectivity index (χ1n) is 6.96. The Morgan fingerprint density at radius 1 is 0.880 bits per heavy atom. The average molecular weight is 352 g/mol. The zero-order chi connectivity index (χ0) is 18.0. The third-order valence-corrected chi connectivity index (χ3v) is 3.23. The van der Waals surface area contributed by atoms with E-state index in [9.17, 15) is 22.0 Å². The van der Waals surface area contributed by atoms with Crippen LogP contribution in [-0.2, 0) is 6.18 Å². The van der Waals surface area contributed by atoms with Gasteiger partial charge in [-0.1, -0.05) is 0 Å². The Kier molecular flexibility index (Phi) is 4.35. The van der Waals surface area contributed by atoms with E-state index in [1.54, 1.807) is 0 Å². The normalized spacial score (nSPS) is 11.4. The van der Waals surface area contributed by atoms with Crippen molar-refractivity contribution in [2.75, 3.05) is 0 Å². The Morgan fingerprint density at radius 2 is 1.68 bits per heavy atom. The van der Waals surface area contributed by atoms with Crippen molar-refractivity contribution in [3.8, 4) is 22.8 Å². The smallest absolute Gasteiger partial charge is 0.433 e. The van der Waals surface area contributed by atoms with Gasteiger partial charge in [0.05, 0.1) is 6.20 Å². The third-order valence-electron chi connectivity index (χ3n) is 3.23. The van der Waals surface area contributed by atoms with E-state index in [4.69, 9.17) is 4.74 Å². The predicted octanol–water partition coefficient (Wildman–Crippen LogP) is 5.23. The second-order valence-corrected chi connectivity index (χ2v) is 4.96. The topological polar surface area (TPSA) is 35.0 Å². The van der Waals surface area contributed by atoms with E-state index in [2.05, 4.69) is 9.97 Å². The first kappa shape index (κ1) is 16.8. The zero-order valence-corrected chi connectivity index (χ0v) is 12.4. The minimum atomic E-state index is -4.57. The highest BCUT2D eigenvalue weighted by Crippen LogP contribution is 2.34. The van der Waals surface area contributed by atoms with Crippen molar-refractivity contribution in [1.29, 1.82) is 0 Å². The number of hydrogen-bond donors (Lipinski definition) is 0. The van der Waals surface area contributed by atoms with Crippen LogP contribution in [0.1, 0.15) is 5.69 Å². The van der Waals surface area contributed by atoms with Gasteiger partial charge < -0.3 is 4.74 Å². The van der Waals surface area contributed by atoms with Gasteiger partial charge in [0, 0.05) is 17.3 Å². The molecule has 1 aromatic carbocycles. The second kappa shape index (κ2) is 6.46. The molecule has 0 aliphatic heterocycles. The van der Waals surface area contributed by atoms with Gasteiger partial charge >= 0.3 is 6.18 Å². The number of hydrogen-bond acceptors (Lipinski definition) is 3. The summed E-state index contributed by atoms with van der Waals surface area (Å²) in [6.45, 7) is 0. The second-order valence-electron chi connectivity index (χ2n) is 4.96. The summed E-state index contributed by atoms with van der Waals surface area (Å²) in [5.41, 5.74) is -1.00. The largest absolute Gasteiger partial charge is 0.437 e. The predicted molar refractivity (Wildman–Crippen MR) is 78.9 cm³/mol. The quantitative estimate of drug-likeness (QED) is 0.605. The molecule has 0 unspecified atom stereocenters. The van der Waals surface area contributed by atoms with Gasteiger partial charge in [-0.25, -0.2) is 18.7 Å². The first-order chi connectivity index (χ1) is 11.8. The summed E-state index contributed by atoms with van der Waals surface area (Å²) in [7, 11) is 0. The molecule has 0 radical (unpaired) electrons. The molecule has 0 N–H and O–H groups in total. The molecule has 0 amide bonds. The molecule has 0 saturated carbocycles. The zero-order valence-electron chi connectivity index (χ0n) is 12.4. The molecule has 0 aliphatic carbocycles. The average Bonchev–Trinajstić information content (AvgIpc) is 2.57. The molecule has 8 heteroatoms. The number of halogens is 5. The lowest BCUT2D eigenvalue weighted by atomic mass is 10.1. The highest BCUT2D eigenvalue weighted by atomic mass is 19.4. The number of nitrogens with zero attached hydrogens (tertiary/aromatic N) is 2. The van der Waals surface area contributed by atoms with E-state index in [-0.39, 0.29) is 22.8 Å². The van der Waals surface area contributed by atoms with Crippen molar-refractivity contribution in [2.45, 2.75) is 6.18 Å². The number of ether oxygens (including phenoxy) is 1. The Bertz CT molecular complexity index is 894. The molecule has 2 heterocycles. The fourth-order valence-electron chi connectivity index (χ4n) is 2.10. The molecule has 3 nitrogen and oxygen atoms in total. The monoisotopic (exact) mass is 352 g/mol. The first-order valence-corrected chi connectivity index (χ1v) is 6.96. The van der Waals surface area contributed by atoms with Gasteiger partial charge in [-0.15, -0.1) is 0 Å². The Labute approximate surface area is 138 Å². The number of pyridine rings is 2. The van der Waals surface area contributed by atoms with Gasteiger partial charge in [-0.2, -0.15) is 13.2 Å². The summed E-state index contributed by atoms with van der Waals surface area (Å²) in [6.07, 6.45) is -2.34. The van der Waals surface area contributed by atoms with Crippen LogP contribution >= 0.6 is 0 Å². The van der Waals surface area contributed by atoms with Crippen molar-refractivity contribution < 1.29 is 26.7 Å². The molecule has 3 rings (SSSR count). The van der Waals surface area contributed by atoms with E-state index >= 15 is 0 Å². The van der Waals surface area contributed by atoms with Gasteiger partial charge in [0.2, 0.25) is 5.88 Å². The SMILES string of the molecule is Fc1ccc(F)c(-c2cccnc2Oc2ccc(C(F)(F)F)nc2)c1. The van der Waals surface area contributed by atoms with Gasteiger partial charge in [0.15, 0.2) is 0 Å². The van der Waals surface area contributed by atoms with Crippen LogP contribution < -0.4 is 4.74 Å². The van der Waals surface area contributed by atoms with Crippen LogP contribution in [0.25, 0.3) is 11.1 Å². The molecule has 3 aromatic rings. The van der Waals surface area contributed by atoms with Crippen LogP contribution in [0, 0.1) is 11.6 Å². The highest BCUT2D eigenvalue weighted by Gasteiger charge is 2.32. The van der Waals surface area contributed by atoms with Crippen molar-refractivity contribution in [3.05, 3.63) is 72.2 Å². The lowest BCUT2D eigenvalue weighted by Gasteiger charge is -2.11. The molecule has 0 saturated heterocycles. The summed E-state index contributed by atoms with van der Waals surface area (Å²) < 4.78 is 70.3. The molecular weight excluding hydrogens is 343 g/mol. The summed E-state index contributed by atoms with van der Waals surface area (Å²) in [5, 5.41) is 0. The van der Waals surface area contributed by atoms with Gasteiger partial charge in [0.25, 0.3) is 0 Å². The van der Waals surface area contributed by atoms with E-state index < -0.39 is 23.5 Å². The molecule has 0 fully saturated rings. The van der Waals surface area contributed by atoms with Crippen LogP contribution in [0.3, 0.4) is 0 Å². The van der Waals surface area contributed by atoms with E-state index in [0.29, 0.717) is 0 Å². The molecule has 0 atom stereocenters. The van der Waals surface area contributed by atoms with Crippen molar-refractivity contribution in [2.24, 2.45) is 0 Å². The maximum Gasteiger partial charge on any atom is 0.433 e. The van der Waals surface area contributed by atoms with Crippen LogP contribution in [-0.4, -0.2) is 9.97 Å². The van der Waals surface area contributed by atoms with E-state index in [1.807, 2.05) is 0 Å². The summed E-state index contributed by atoms with van der Waals surface area (Å²) in [4.78, 5) is 7.20. The maximum atomic E-state index is 14.0. The maximum absolute atomic E-state index is 14.0. The summed E-state index contributed by atoms with van der Waals surface area (Å²) in [6, 6.07) is 7.67. The minimum absolute atomic E-state index is 0.0234. The molecule has 25 heavy (non-hydrogen) atoms. The molecule has 0 bridgehead atoms. The number of alkyl halides is 3. The number of rotatable bonds is 3. The van der Waals surface area contributed by atoms with Crippen molar-refractivity contribution in [1.82, 2.24) is 9.97 Å². The minimum Gasteiger partial charge on any atom is -0.437 e. The van der Waals surface area contributed by atoms with Gasteiger partial charge in [-0.3, -0.25) is 0 Å². The Balaban J connectivity index is 1.95. The number of benzene rings is 1. The van der Waals surface area contributed by atoms with Crippen molar-refractivity contribution in [3.63, 3.8) is 0 Å². The fraction of sp³-hybridized carbons (Fsp3) is 0.0588. The van der Waals surface area contributed by atoms with E-state index in [0.717, 1.165) is 36.5 Å². The Morgan fingerprint density at radius 3 is 2.36 bits per heavy atom. The highest BCUT2D eigenvalue weighted by molar-refractivity contribution is 5.69. The van der Waals surface area contributed by atoms with Crippen molar-refractivity contribution >= 4 is 0 Å². The summed E-state index contributed by atoms with van der Waals surface area (Å²) in [5.74, 6) is -1.45. The third kappa shape index (κ3) is 3.73. The van der Waals surface area contributed by atoms with E-state index in [1.165, 1.54) is 18.3 Å². The molecular formula is C17H9F5N2O. The lowest BCUT2D eigenvalue weighted by Crippen LogP contribution is -2.07. The molecule has 2 aromatic heterocycles.